The van der Waals surface area contributed by atoms with Crippen LogP contribution >= 0.6 is 0 Å². The summed E-state index contributed by atoms with van der Waals surface area (Å²) in [6, 6.07) is 0. The highest BCUT2D eigenvalue weighted by molar-refractivity contribution is 6.18. The molecular weight excluding hydrogens is 196 g/mol. The maximum Gasteiger partial charge on any atom is 0.345 e. The Balaban J connectivity index is 2.91. The molecule has 1 aliphatic rings. The first-order chi connectivity index (χ1) is 7.20. The van der Waals surface area contributed by atoms with Gasteiger partial charge in [-0.2, -0.15) is 0 Å². The number of ether oxygens (including phenoxy) is 2. The van der Waals surface area contributed by atoms with E-state index in [0.29, 0.717) is 18.8 Å². The Morgan fingerprint density at radius 2 is 2.20 bits per heavy atom. The van der Waals surface area contributed by atoms with Crippen molar-refractivity contribution in [2.24, 2.45) is 0 Å². The smallest absolute Gasteiger partial charge is 0.345 e. The normalized spacial score (nSPS) is 16.3. The van der Waals surface area contributed by atoms with Gasteiger partial charge in [0.15, 0.2) is 5.78 Å². The molecule has 0 bridgehead atoms. The molecule has 0 N–H and O–H groups in total. The summed E-state index contributed by atoms with van der Waals surface area (Å²) in [5.41, 5.74) is 0.116. The Kier molecular flexibility index (Phi) is 4.34. The van der Waals surface area contributed by atoms with Crippen molar-refractivity contribution in [2.75, 3.05) is 13.2 Å². The minimum atomic E-state index is -0.550. The molecule has 4 heteroatoms. The average Bonchev–Trinajstić information content (AvgIpc) is 2.18. The Labute approximate surface area is 89.2 Å². The SMILES string of the molecule is CCCC1=C(C(=O)OCC)C(=O)CCO1. The highest BCUT2D eigenvalue weighted by Gasteiger charge is 2.28. The van der Waals surface area contributed by atoms with Crippen molar-refractivity contribution in [3.63, 3.8) is 0 Å². The van der Waals surface area contributed by atoms with E-state index in [2.05, 4.69) is 0 Å². The first-order valence-electron chi connectivity index (χ1n) is 5.27. The summed E-state index contributed by atoms with van der Waals surface area (Å²) in [6.45, 7) is 4.33. The number of esters is 1. The van der Waals surface area contributed by atoms with E-state index in [9.17, 15) is 9.59 Å². The Bertz CT molecular complexity index is 291. The summed E-state index contributed by atoms with van der Waals surface area (Å²) in [5.74, 6) is -0.221. The van der Waals surface area contributed by atoms with Gasteiger partial charge < -0.3 is 9.47 Å². The molecule has 0 fully saturated rings. The van der Waals surface area contributed by atoms with E-state index >= 15 is 0 Å². The van der Waals surface area contributed by atoms with Gasteiger partial charge in [0.05, 0.1) is 13.2 Å². The van der Waals surface area contributed by atoms with Crippen molar-refractivity contribution in [1.82, 2.24) is 0 Å². The van der Waals surface area contributed by atoms with Crippen LogP contribution in [0.2, 0.25) is 0 Å². The number of hydrogen-bond donors (Lipinski definition) is 0. The molecule has 0 radical (unpaired) electrons. The molecule has 0 aliphatic carbocycles. The second-order valence-electron chi connectivity index (χ2n) is 3.29. The van der Waals surface area contributed by atoms with Gasteiger partial charge in [-0.25, -0.2) is 4.79 Å². The third-order valence-corrected chi connectivity index (χ3v) is 2.12. The summed E-state index contributed by atoms with van der Waals surface area (Å²) in [7, 11) is 0. The fourth-order valence-electron chi connectivity index (χ4n) is 1.47. The number of allylic oxidation sites excluding steroid dienone is 1. The summed E-state index contributed by atoms with van der Waals surface area (Å²) in [5, 5.41) is 0. The highest BCUT2D eigenvalue weighted by Crippen LogP contribution is 2.21. The van der Waals surface area contributed by atoms with E-state index in [4.69, 9.17) is 9.47 Å². The van der Waals surface area contributed by atoms with Crippen LogP contribution in [0.5, 0.6) is 0 Å². The topological polar surface area (TPSA) is 52.6 Å². The Hall–Kier alpha value is -1.32. The van der Waals surface area contributed by atoms with E-state index in [1.165, 1.54) is 0 Å². The molecule has 0 saturated heterocycles. The molecule has 1 aliphatic heterocycles. The van der Waals surface area contributed by atoms with E-state index in [1.54, 1.807) is 6.92 Å². The van der Waals surface area contributed by atoms with Crippen LogP contribution in [-0.4, -0.2) is 25.0 Å². The number of carbonyl (C=O) groups is 2. The number of hydrogen-bond acceptors (Lipinski definition) is 4. The van der Waals surface area contributed by atoms with Gasteiger partial charge in [-0.1, -0.05) is 6.92 Å². The lowest BCUT2D eigenvalue weighted by molar-refractivity contribution is -0.141. The van der Waals surface area contributed by atoms with Crippen LogP contribution in [0.25, 0.3) is 0 Å². The number of ketones is 1. The van der Waals surface area contributed by atoms with E-state index in [1.807, 2.05) is 6.92 Å². The minimum absolute atomic E-state index is 0.116. The lowest BCUT2D eigenvalue weighted by Gasteiger charge is -2.18. The van der Waals surface area contributed by atoms with Gasteiger partial charge in [0.2, 0.25) is 0 Å². The molecule has 0 aromatic heterocycles. The van der Waals surface area contributed by atoms with Crippen molar-refractivity contribution < 1.29 is 19.1 Å². The van der Waals surface area contributed by atoms with Crippen LogP contribution in [0.3, 0.4) is 0 Å². The quantitative estimate of drug-likeness (QED) is 0.524. The zero-order valence-corrected chi connectivity index (χ0v) is 9.17. The average molecular weight is 212 g/mol. The van der Waals surface area contributed by atoms with Crippen molar-refractivity contribution in [3.05, 3.63) is 11.3 Å². The molecule has 0 aromatic rings. The zero-order valence-electron chi connectivity index (χ0n) is 9.17. The van der Waals surface area contributed by atoms with Gasteiger partial charge >= 0.3 is 5.97 Å². The van der Waals surface area contributed by atoms with E-state index in [-0.39, 0.29) is 24.4 Å². The first kappa shape index (κ1) is 11.8. The van der Waals surface area contributed by atoms with Crippen molar-refractivity contribution in [1.29, 1.82) is 0 Å². The van der Waals surface area contributed by atoms with Crippen LogP contribution in [0.1, 0.15) is 33.1 Å². The van der Waals surface area contributed by atoms with E-state index < -0.39 is 5.97 Å². The molecular formula is C11H16O4. The predicted octanol–water partition coefficient (Wildman–Crippen LogP) is 1.59. The second-order valence-corrected chi connectivity index (χ2v) is 3.29. The molecule has 0 atom stereocenters. The van der Waals surface area contributed by atoms with Crippen LogP contribution in [-0.2, 0) is 19.1 Å². The van der Waals surface area contributed by atoms with Crippen LogP contribution in [0, 0.1) is 0 Å². The molecule has 1 rings (SSSR count). The number of carbonyl (C=O) groups excluding carboxylic acids is 2. The molecule has 0 unspecified atom stereocenters. The van der Waals surface area contributed by atoms with Gasteiger partial charge in [-0.05, 0) is 13.3 Å². The fraction of sp³-hybridized carbons (Fsp3) is 0.636. The molecule has 0 amide bonds. The standard InChI is InChI=1S/C11H16O4/c1-3-5-9-10(11(13)14-4-2)8(12)6-7-15-9/h3-7H2,1-2H3. The van der Waals surface area contributed by atoms with Gasteiger partial charge in [0.1, 0.15) is 11.3 Å². The van der Waals surface area contributed by atoms with E-state index in [0.717, 1.165) is 6.42 Å². The number of rotatable bonds is 4. The minimum Gasteiger partial charge on any atom is -0.496 e. The largest absolute Gasteiger partial charge is 0.496 e. The van der Waals surface area contributed by atoms with Gasteiger partial charge in [0.25, 0.3) is 0 Å². The fourth-order valence-corrected chi connectivity index (χ4v) is 1.47. The van der Waals surface area contributed by atoms with Crippen LogP contribution < -0.4 is 0 Å². The zero-order chi connectivity index (χ0) is 11.3. The lowest BCUT2D eigenvalue weighted by atomic mass is 10.0. The highest BCUT2D eigenvalue weighted by atomic mass is 16.5. The van der Waals surface area contributed by atoms with Crippen LogP contribution in [0.4, 0.5) is 0 Å². The maximum atomic E-state index is 11.6. The second kappa shape index (κ2) is 5.53. The molecule has 0 spiro atoms. The molecule has 0 saturated carbocycles. The Morgan fingerprint density at radius 1 is 1.47 bits per heavy atom. The summed E-state index contributed by atoms with van der Waals surface area (Å²) in [6.07, 6.45) is 1.72. The van der Waals surface area contributed by atoms with Gasteiger partial charge in [0, 0.05) is 12.8 Å². The molecule has 15 heavy (non-hydrogen) atoms. The van der Waals surface area contributed by atoms with Crippen molar-refractivity contribution in [3.8, 4) is 0 Å². The first-order valence-corrected chi connectivity index (χ1v) is 5.27. The molecule has 84 valence electrons. The lowest BCUT2D eigenvalue weighted by Crippen LogP contribution is -2.24. The summed E-state index contributed by atoms with van der Waals surface area (Å²) in [4.78, 5) is 23.1. The third-order valence-electron chi connectivity index (χ3n) is 2.12. The molecule has 0 aromatic carbocycles. The third kappa shape index (κ3) is 2.81. The summed E-state index contributed by atoms with van der Waals surface area (Å²) < 4.78 is 10.2. The predicted molar refractivity (Wildman–Crippen MR) is 54.1 cm³/mol. The molecule has 4 nitrogen and oxygen atoms in total. The monoisotopic (exact) mass is 212 g/mol. The van der Waals surface area contributed by atoms with Gasteiger partial charge in [-0.15, -0.1) is 0 Å². The maximum absolute atomic E-state index is 11.6. The molecule has 1 heterocycles. The van der Waals surface area contributed by atoms with Crippen molar-refractivity contribution >= 4 is 11.8 Å². The number of Topliss-reactive ketones (excluding diaryl/α,β-unsaturated/α-hetero) is 1. The van der Waals surface area contributed by atoms with Crippen molar-refractivity contribution in [2.45, 2.75) is 33.1 Å². The Morgan fingerprint density at radius 3 is 2.80 bits per heavy atom. The van der Waals surface area contributed by atoms with Gasteiger partial charge in [-0.3, -0.25) is 4.79 Å². The summed E-state index contributed by atoms with van der Waals surface area (Å²) >= 11 is 0. The van der Waals surface area contributed by atoms with Crippen LogP contribution in [0.15, 0.2) is 11.3 Å².